The number of rotatable bonds is 3. The fourth-order valence-corrected chi connectivity index (χ4v) is 2.06. The summed E-state index contributed by atoms with van der Waals surface area (Å²) in [4.78, 5) is 4.20. The van der Waals surface area contributed by atoms with Crippen molar-refractivity contribution in [2.45, 2.75) is 13.3 Å². The van der Waals surface area contributed by atoms with Gasteiger partial charge in [0.25, 0.3) is 0 Å². The number of halogens is 1. The van der Waals surface area contributed by atoms with E-state index in [1.165, 1.54) is 5.56 Å². The molecule has 0 saturated carbocycles. The molecule has 0 amide bonds. The molecule has 0 saturated heterocycles. The first kappa shape index (κ1) is 12.6. The summed E-state index contributed by atoms with van der Waals surface area (Å²) >= 11 is 3.46. The molecule has 90 valence electrons. The molecule has 1 aromatic carbocycles. The first-order valence-corrected chi connectivity index (χ1v) is 6.44. The van der Waals surface area contributed by atoms with Gasteiger partial charge in [0, 0.05) is 16.4 Å². The van der Waals surface area contributed by atoms with Gasteiger partial charge in [0.05, 0.1) is 5.56 Å². The number of aromatic nitrogens is 1. The molecule has 1 N–H and O–H groups in total. The predicted octanol–water partition coefficient (Wildman–Crippen LogP) is 4.02. The summed E-state index contributed by atoms with van der Waals surface area (Å²) in [5.74, 6) is 0.742. The van der Waals surface area contributed by atoms with E-state index >= 15 is 0 Å². The number of hydrogen-bond donors (Lipinski definition) is 1. The molecular weight excluding hydrogens is 290 g/mol. The molecule has 0 atom stereocenters. The molecule has 4 heteroatoms. The van der Waals surface area contributed by atoms with E-state index in [2.05, 4.69) is 45.3 Å². The summed E-state index contributed by atoms with van der Waals surface area (Å²) in [5, 5.41) is 12.0. The zero-order valence-corrected chi connectivity index (χ0v) is 11.5. The van der Waals surface area contributed by atoms with Gasteiger partial charge in [-0.25, -0.2) is 4.98 Å². The van der Waals surface area contributed by atoms with Crippen LogP contribution in [0.15, 0.2) is 41.0 Å². The van der Waals surface area contributed by atoms with E-state index in [1.54, 1.807) is 18.3 Å². The Hall–Kier alpha value is -1.86. The van der Waals surface area contributed by atoms with Gasteiger partial charge in [-0.05, 0) is 42.3 Å². The summed E-state index contributed by atoms with van der Waals surface area (Å²) in [5.41, 5.74) is 2.82. The Bertz CT molecular complexity index is 585. The first-order chi connectivity index (χ1) is 8.72. The van der Waals surface area contributed by atoms with Crippen LogP contribution in [-0.4, -0.2) is 4.98 Å². The number of nitrogens with zero attached hydrogens (tertiary/aromatic N) is 2. The summed E-state index contributed by atoms with van der Waals surface area (Å²) in [6.07, 6.45) is 2.50. The van der Waals surface area contributed by atoms with Gasteiger partial charge in [0.1, 0.15) is 11.9 Å². The SMILES string of the molecule is CCc1cc(Br)ccc1Nc1ccc(C#N)cn1. The van der Waals surface area contributed by atoms with Crippen LogP contribution in [0.3, 0.4) is 0 Å². The van der Waals surface area contributed by atoms with Crippen LogP contribution in [0.25, 0.3) is 0 Å². The highest BCUT2D eigenvalue weighted by atomic mass is 79.9. The lowest BCUT2D eigenvalue weighted by atomic mass is 10.1. The zero-order chi connectivity index (χ0) is 13.0. The summed E-state index contributed by atoms with van der Waals surface area (Å²) in [7, 11) is 0. The maximum Gasteiger partial charge on any atom is 0.130 e. The lowest BCUT2D eigenvalue weighted by Crippen LogP contribution is -1.97. The van der Waals surface area contributed by atoms with Gasteiger partial charge in [-0.2, -0.15) is 5.26 Å². The van der Waals surface area contributed by atoms with Crippen molar-refractivity contribution >= 4 is 27.4 Å². The second-order valence-electron chi connectivity index (χ2n) is 3.82. The molecule has 2 aromatic rings. The zero-order valence-electron chi connectivity index (χ0n) is 9.94. The molecule has 0 spiro atoms. The molecule has 1 aromatic heterocycles. The van der Waals surface area contributed by atoms with Crippen LogP contribution in [0.2, 0.25) is 0 Å². The van der Waals surface area contributed by atoms with Crippen molar-refractivity contribution in [3.8, 4) is 6.07 Å². The summed E-state index contributed by atoms with van der Waals surface area (Å²) < 4.78 is 1.07. The maximum absolute atomic E-state index is 8.72. The Labute approximate surface area is 115 Å². The Morgan fingerprint density at radius 2 is 2.17 bits per heavy atom. The van der Waals surface area contributed by atoms with Gasteiger partial charge in [-0.3, -0.25) is 0 Å². The molecule has 3 nitrogen and oxygen atoms in total. The number of nitriles is 1. The fraction of sp³-hybridized carbons (Fsp3) is 0.143. The van der Waals surface area contributed by atoms with E-state index in [0.717, 1.165) is 22.4 Å². The van der Waals surface area contributed by atoms with Gasteiger partial charge in [0.2, 0.25) is 0 Å². The molecule has 18 heavy (non-hydrogen) atoms. The minimum atomic E-state index is 0.562. The van der Waals surface area contributed by atoms with Gasteiger partial charge < -0.3 is 5.32 Å². The number of anilines is 2. The molecule has 0 fully saturated rings. The number of pyridine rings is 1. The molecule has 0 aliphatic heterocycles. The first-order valence-electron chi connectivity index (χ1n) is 5.64. The molecule has 0 aliphatic carbocycles. The Kier molecular flexibility index (Phi) is 3.96. The minimum absolute atomic E-state index is 0.562. The average Bonchev–Trinajstić information content (AvgIpc) is 2.41. The standard InChI is InChI=1S/C14H12BrN3/c1-2-11-7-12(15)4-5-13(11)18-14-6-3-10(8-16)9-17-14/h3-7,9H,2H2,1H3,(H,17,18). The van der Waals surface area contributed by atoms with Crippen molar-refractivity contribution in [3.63, 3.8) is 0 Å². The van der Waals surface area contributed by atoms with Crippen LogP contribution < -0.4 is 5.32 Å². The Morgan fingerprint density at radius 3 is 2.78 bits per heavy atom. The highest BCUT2D eigenvalue weighted by Crippen LogP contribution is 2.24. The predicted molar refractivity (Wildman–Crippen MR) is 75.8 cm³/mol. The smallest absolute Gasteiger partial charge is 0.130 e. The van der Waals surface area contributed by atoms with Gasteiger partial charge in [-0.15, -0.1) is 0 Å². The van der Waals surface area contributed by atoms with E-state index in [9.17, 15) is 0 Å². The fourth-order valence-electron chi connectivity index (χ4n) is 1.65. The molecule has 1 heterocycles. The van der Waals surface area contributed by atoms with Crippen molar-refractivity contribution in [1.29, 1.82) is 5.26 Å². The molecule has 0 radical (unpaired) electrons. The number of nitrogens with one attached hydrogen (secondary N) is 1. The molecular formula is C14H12BrN3. The lowest BCUT2D eigenvalue weighted by Gasteiger charge is -2.10. The second kappa shape index (κ2) is 5.65. The van der Waals surface area contributed by atoms with Gasteiger partial charge in [0.15, 0.2) is 0 Å². The third-order valence-electron chi connectivity index (χ3n) is 2.60. The highest BCUT2D eigenvalue weighted by molar-refractivity contribution is 9.10. The van der Waals surface area contributed by atoms with Crippen molar-refractivity contribution < 1.29 is 0 Å². The number of benzene rings is 1. The van der Waals surface area contributed by atoms with Crippen molar-refractivity contribution in [2.75, 3.05) is 5.32 Å². The maximum atomic E-state index is 8.72. The van der Waals surface area contributed by atoms with E-state index in [0.29, 0.717) is 5.56 Å². The van der Waals surface area contributed by atoms with E-state index < -0.39 is 0 Å². The van der Waals surface area contributed by atoms with Crippen molar-refractivity contribution in [3.05, 3.63) is 52.1 Å². The minimum Gasteiger partial charge on any atom is -0.340 e. The van der Waals surface area contributed by atoms with Crippen molar-refractivity contribution in [2.24, 2.45) is 0 Å². The third-order valence-corrected chi connectivity index (χ3v) is 3.10. The molecule has 0 bridgehead atoms. The lowest BCUT2D eigenvalue weighted by molar-refractivity contribution is 1.13. The normalized spacial score (nSPS) is 9.83. The Balaban J connectivity index is 2.25. The third kappa shape index (κ3) is 2.88. The quantitative estimate of drug-likeness (QED) is 0.931. The Morgan fingerprint density at radius 1 is 1.33 bits per heavy atom. The molecule has 0 unspecified atom stereocenters. The average molecular weight is 302 g/mol. The van der Waals surface area contributed by atoms with Crippen LogP contribution in [0.1, 0.15) is 18.1 Å². The largest absolute Gasteiger partial charge is 0.340 e. The monoisotopic (exact) mass is 301 g/mol. The second-order valence-corrected chi connectivity index (χ2v) is 4.74. The van der Waals surface area contributed by atoms with Crippen LogP contribution in [0.5, 0.6) is 0 Å². The highest BCUT2D eigenvalue weighted by Gasteiger charge is 2.03. The van der Waals surface area contributed by atoms with E-state index in [-0.39, 0.29) is 0 Å². The molecule has 2 rings (SSSR count). The van der Waals surface area contributed by atoms with Gasteiger partial charge in [-0.1, -0.05) is 22.9 Å². The van der Waals surface area contributed by atoms with Crippen LogP contribution >= 0.6 is 15.9 Å². The van der Waals surface area contributed by atoms with E-state index in [4.69, 9.17) is 5.26 Å². The van der Waals surface area contributed by atoms with Crippen LogP contribution in [0.4, 0.5) is 11.5 Å². The molecule has 0 aliphatic rings. The topological polar surface area (TPSA) is 48.7 Å². The van der Waals surface area contributed by atoms with Crippen LogP contribution in [-0.2, 0) is 6.42 Å². The number of hydrogen-bond acceptors (Lipinski definition) is 3. The summed E-state index contributed by atoms with van der Waals surface area (Å²) in [6.45, 7) is 2.11. The van der Waals surface area contributed by atoms with Gasteiger partial charge >= 0.3 is 0 Å². The number of aryl methyl sites for hydroxylation is 1. The van der Waals surface area contributed by atoms with E-state index in [1.807, 2.05) is 12.1 Å². The van der Waals surface area contributed by atoms with Crippen LogP contribution in [0, 0.1) is 11.3 Å². The van der Waals surface area contributed by atoms with Crippen molar-refractivity contribution in [1.82, 2.24) is 4.98 Å². The summed E-state index contributed by atoms with van der Waals surface area (Å²) in [6, 6.07) is 11.7.